The van der Waals surface area contributed by atoms with Gasteiger partial charge in [0.1, 0.15) is 11.8 Å². The number of benzene rings is 1. The molecule has 8 heteroatoms. The van der Waals surface area contributed by atoms with Crippen LogP contribution in [0, 0.1) is 11.6 Å². The van der Waals surface area contributed by atoms with Crippen molar-refractivity contribution >= 4 is 17.4 Å². The first-order valence-electron chi connectivity index (χ1n) is 9.66. The van der Waals surface area contributed by atoms with Crippen LogP contribution >= 0.6 is 0 Å². The predicted octanol–water partition coefficient (Wildman–Crippen LogP) is 4.25. The lowest BCUT2D eigenvalue weighted by molar-refractivity contribution is -0.131. The van der Waals surface area contributed by atoms with E-state index in [1.54, 1.807) is 6.07 Å². The number of halogens is 2. The number of ether oxygens (including phenoxy) is 2. The number of rotatable bonds is 6. The monoisotopic (exact) mass is 418 g/mol. The zero-order chi connectivity index (χ0) is 22.1. The standard InChI is InChI=1S/C22H24F2N2O4/c1-5-22(3)11-15(14-6-7-16(23)18(24)19(14)29-4)20(30-22)21(28)26-13-8-9-25-17(10-13)12(2)27/h6-10,15,20H,5,11H2,1-4H3,(H,25,26,28)/t15-,20+,22-/m1/s1. The summed E-state index contributed by atoms with van der Waals surface area (Å²) in [7, 11) is 1.26. The van der Waals surface area contributed by atoms with Crippen LogP contribution in [0.15, 0.2) is 30.5 Å². The third kappa shape index (κ3) is 4.18. The van der Waals surface area contributed by atoms with E-state index >= 15 is 0 Å². The lowest BCUT2D eigenvalue weighted by Gasteiger charge is -2.22. The van der Waals surface area contributed by atoms with E-state index in [-0.39, 0.29) is 17.2 Å². The van der Waals surface area contributed by atoms with Crippen LogP contribution in [-0.4, -0.2) is 35.5 Å². The number of pyridine rings is 1. The van der Waals surface area contributed by atoms with Gasteiger partial charge >= 0.3 is 0 Å². The van der Waals surface area contributed by atoms with Crippen molar-refractivity contribution in [2.75, 3.05) is 12.4 Å². The first-order chi connectivity index (χ1) is 14.2. The summed E-state index contributed by atoms with van der Waals surface area (Å²) >= 11 is 0. The number of aromatic nitrogens is 1. The molecule has 30 heavy (non-hydrogen) atoms. The summed E-state index contributed by atoms with van der Waals surface area (Å²) in [6.45, 7) is 5.19. The summed E-state index contributed by atoms with van der Waals surface area (Å²) in [5, 5.41) is 2.74. The molecular formula is C22H24F2N2O4. The number of anilines is 1. The summed E-state index contributed by atoms with van der Waals surface area (Å²) in [6.07, 6.45) is 1.53. The first kappa shape index (κ1) is 21.8. The van der Waals surface area contributed by atoms with Gasteiger partial charge in [-0.25, -0.2) is 4.39 Å². The largest absolute Gasteiger partial charge is 0.493 e. The molecule has 1 fully saturated rings. The Balaban J connectivity index is 1.95. The van der Waals surface area contributed by atoms with Crippen LogP contribution in [0.5, 0.6) is 5.75 Å². The quantitative estimate of drug-likeness (QED) is 0.710. The first-order valence-corrected chi connectivity index (χ1v) is 9.66. The number of hydrogen-bond acceptors (Lipinski definition) is 5. The van der Waals surface area contributed by atoms with Crippen molar-refractivity contribution < 1.29 is 27.8 Å². The number of Topliss-reactive ketones (excluding diaryl/α,β-unsaturated/α-hetero) is 1. The Hall–Kier alpha value is -2.87. The Morgan fingerprint density at radius 1 is 1.33 bits per heavy atom. The van der Waals surface area contributed by atoms with Gasteiger partial charge in [-0.15, -0.1) is 0 Å². The number of nitrogens with zero attached hydrogens (tertiary/aromatic N) is 1. The van der Waals surface area contributed by atoms with Gasteiger partial charge in [0.25, 0.3) is 5.91 Å². The van der Waals surface area contributed by atoms with Gasteiger partial charge < -0.3 is 14.8 Å². The fourth-order valence-electron chi connectivity index (χ4n) is 3.71. The number of methoxy groups -OCH3 is 1. The molecule has 6 nitrogen and oxygen atoms in total. The molecule has 1 aliphatic heterocycles. The smallest absolute Gasteiger partial charge is 0.254 e. The molecule has 160 valence electrons. The van der Waals surface area contributed by atoms with Crippen LogP contribution in [0.3, 0.4) is 0 Å². The molecule has 0 unspecified atom stereocenters. The van der Waals surface area contributed by atoms with Crippen LogP contribution in [0.4, 0.5) is 14.5 Å². The molecule has 1 saturated heterocycles. The van der Waals surface area contributed by atoms with Gasteiger partial charge in [-0.05, 0) is 38.0 Å². The number of hydrogen-bond donors (Lipinski definition) is 1. The third-order valence-electron chi connectivity index (χ3n) is 5.51. The zero-order valence-corrected chi connectivity index (χ0v) is 17.3. The highest BCUT2D eigenvalue weighted by atomic mass is 19.2. The molecule has 1 aliphatic rings. The van der Waals surface area contributed by atoms with Gasteiger partial charge in [-0.2, -0.15) is 4.39 Å². The summed E-state index contributed by atoms with van der Waals surface area (Å²) in [6, 6.07) is 5.48. The van der Waals surface area contributed by atoms with E-state index in [0.717, 1.165) is 6.07 Å². The van der Waals surface area contributed by atoms with Gasteiger partial charge in [0.05, 0.1) is 12.7 Å². The lowest BCUT2D eigenvalue weighted by atomic mass is 9.85. The molecule has 0 saturated carbocycles. The molecule has 0 spiro atoms. The van der Waals surface area contributed by atoms with Crippen LogP contribution in [0.2, 0.25) is 0 Å². The topological polar surface area (TPSA) is 77.5 Å². The number of carbonyl (C=O) groups excluding carboxylic acids is 2. The van der Waals surface area contributed by atoms with Gasteiger partial charge in [-0.1, -0.05) is 13.0 Å². The van der Waals surface area contributed by atoms with Crippen LogP contribution in [-0.2, 0) is 9.53 Å². The van der Waals surface area contributed by atoms with E-state index in [1.165, 1.54) is 32.4 Å². The van der Waals surface area contributed by atoms with Crippen molar-refractivity contribution in [1.82, 2.24) is 4.98 Å². The number of amides is 1. The second-order valence-electron chi connectivity index (χ2n) is 7.61. The van der Waals surface area contributed by atoms with Crippen molar-refractivity contribution in [1.29, 1.82) is 0 Å². The van der Waals surface area contributed by atoms with Crippen molar-refractivity contribution in [3.63, 3.8) is 0 Å². The molecule has 0 aliphatic carbocycles. The molecule has 1 amide bonds. The van der Waals surface area contributed by atoms with Crippen LogP contribution in [0.25, 0.3) is 0 Å². The van der Waals surface area contributed by atoms with Gasteiger partial charge in [0.2, 0.25) is 5.82 Å². The molecule has 0 radical (unpaired) electrons. The van der Waals surface area contributed by atoms with Crippen LogP contribution in [0.1, 0.15) is 55.6 Å². The fraction of sp³-hybridized carbons (Fsp3) is 0.409. The lowest BCUT2D eigenvalue weighted by Crippen LogP contribution is -2.34. The summed E-state index contributed by atoms with van der Waals surface area (Å²) in [5.41, 5.74) is 0.362. The van der Waals surface area contributed by atoms with E-state index in [4.69, 9.17) is 9.47 Å². The molecule has 1 N–H and O–H groups in total. The van der Waals surface area contributed by atoms with E-state index in [0.29, 0.717) is 24.1 Å². The molecule has 3 atom stereocenters. The van der Waals surface area contributed by atoms with Gasteiger partial charge in [0, 0.05) is 30.3 Å². The molecule has 0 bridgehead atoms. The maximum absolute atomic E-state index is 14.3. The average Bonchev–Trinajstić information content (AvgIpc) is 3.08. The highest BCUT2D eigenvalue weighted by molar-refractivity contribution is 5.97. The molecule has 2 heterocycles. The molecule has 1 aromatic carbocycles. The number of ketones is 1. The molecule has 2 aromatic rings. The maximum Gasteiger partial charge on any atom is 0.254 e. The Bertz CT molecular complexity index is 982. The Kier molecular flexibility index (Phi) is 6.17. The van der Waals surface area contributed by atoms with Crippen molar-refractivity contribution in [2.45, 2.75) is 51.2 Å². The summed E-state index contributed by atoms with van der Waals surface area (Å²) in [4.78, 5) is 28.6. The molecular weight excluding hydrogens is 394 g/mol. The van der Waals surface area contributed by atoms with Crippen LogP contribution < -0.4 is 10.1 Å². The molecule has 1 aromatic heterocycles. The number of nitrogens with one attached hydrogen (secondary N) is 1. The minimum atomic E-state index is -1.10. The normalized spacial score (nSPS) is 23.3. The predicted molar refractivity (Wildman–Crippen MR) is 107 cm³/mol. The minimum Gasteiger partial charge on any atom is -0.493 e. The third-order valence-corrected chi connectivity index (χ3v) is 5.51. The van der Waals surface area contributed by atoms with Gasteiger partial charge in [0.15, 0.2) is 17.3 Å². The average molecular weight is 418 g/mol. The SMILES string of the molecule is CC[C@]1(C)C[C@H](c2ccc(F)c(F)c2OC)[C@@H](C(=O)Nc2ccnc(C(C)=O)c2)O1. The fourth-order valence-corrected chi connectivity index (χ4v) is 3.71. The van der Waals surface area contributed by atoms with E-state index in [9.17, 15) is 18.4 Å². The van der Waals surface area contributed by atoms with Gasteiger partial charge in [-0.3, -0.25) is 14.6 Å². The Morgan fingerprint density at radius 3 is 2.70 bits per heavy atom. The highest BCUT2D eigenvalue weighted by Gasteiger charge is 2.47. The minimum absolute atomic E-state index is 0.220. The van der Waals surface area contributed by atoms with E-state index in [2.05, 4.69) is 10.3 Å². The zero-order valence-electron chi connectivity index (χ0n) is 17.3. The second-order valence-corrected chi connectivity index (χ2v) is 7.61. The Morgan fingerprint density at radius 2 is 2.07 bits per heavy atom. The maximum atomic E-state index is 14.3. The second kappa shape index (κ2) is 8.47. The van der Waals surface area contributed by atoms with E-state index < -0.39 is 35.2 Å². The van der Waals surface area contributed by atoms with E-state index in [1.807, 2.05) is 13.8 Å². The summed E-state index contributed by atoms with van der Waals surface area (Å²) in [5.74, 6) is -3.59. The van der Waals surface area contributed by atoms with Crippen molar-refractivity contribution in [3.8, 4) is 5.75 Å². The molecule has 3 rings (SSSR count). The van der Waals surface area contributed by atoms with Crippen molar-refractivity contribution in [2.24, 2.45) is 0 Å². The van der Waals surface area contributed by atoms with Crippen molar-refractivity contribution in [3.05, 3.63) is 53.4 Å². The number of carbonyl (C=O) groups is 2. The Labute approximate surface area is 173 Å². The highest BCUT2D eigenvalue weighted by Crippen LogP contribution is 2.46. The summed E-state index contributed by atoms with van der Waals surface area (Å²) < 4.78 is 39.2.